The number of thioether (sulfide) groups is 1. The van der Waals surface area contributed by atoms with Gasteiger partial charge in [0.25, 0.3) is 5.91 Å². The van der Waals surface area contributed by atoms with E-state index < -0.39 is 0 Å². The number of hydrogen-bond acceptors (Lipinski definition) is 6. The highest BCUT2D eigenvalue weighted by Gasteiger charge is 2.33. The maximum Gasteiger partial charge on any atom is 0.270 e. The summed E-state index contributed by atoms with van der Waals surface area (Å²) in [5.41, 5.74) is 1.58. The lowest BCUT2D eigenvalue weighted by atomic mass is 10.1. The lowest BCUT2D eigenvalue weighted by Crippen LogP contribution is -2.27. The van der Waals surface area contributed by atoms with Crippen molar-refractivity contribution in [2.45, 2.75) is 27.2 Å². The molecule has 1 heterocycles. The van der Waals surface area contributed by atoms with Crippen LogP contribution in [0.2, 0.25) is 0 Å². The summed E-state index contributed by atoms with van der Waals surface area (Å²) in [4.78, 5) is 15.1. The SMILES string of the molecule is CCCOc1ccc(/C=C2\SC(=S)N(c3ccc(OCC)cc3)C2=O)cc1OCC. The normalized spacial score (nSPS) is 15.0. The molecule has 0 aliphatic carbocycles. The standard InChI is InChI=1S/C23H25NO4S2/c1-4-13-28-19-12-7-16(14-20(19)27-6-3)15-21-22(25)24(23(29)30-21)17-8-10-18(11-9-17)26-5-2/h7-12,14-15H,4-6,13H2,1-3H3/b21-15-. The van der Waals surface area contributed by atoms with Gasteiger partial charge in [-0.1, -0.05) is 37.0 Å². The van der Waals surface area contributed by atoms with Crippen LogP contribution in [0, 0.1) is 0 Å². The van der Waals surface area contributed by atoms with Gasteiger partial charge in [0.05, 0.1) is 30.4 Å². The molecule has 1 aliphatic heterocycles. The summed E-state index contributed by atoms with van der Waals surface area (Å²) in [5, 5.41) is 0. The van der Waals surface area contributed by atoms with Gasteiger partial charge in [-0.25, -0.2) is 0 Å². The fourth-order valence-corrected chi connectivity index (χ4v) is 4.21. The van der Waals surface area contributed by atoms with Gasteiger partial charge in [0.1, 0.15) is 5.75 Å². The topological polar surface area (TPSA) is 48.0 Å². The molecule has 1 amide bonds. The quantitative estimate of drug-likeness (QED) is 0.367. The minimum absolute atomic E-state index is 0.140. The largest absolute Gasteiger partial charge is 0.494 e. The Labute approximate surface area is 187 Å². The smallest absolute Gasteiger partial charge is 0.270 e. The van der Waals surface area contributed by atoms with E-state index in [9.17, 15) is 4.79 Å². The van der Waals surface area contributed by atoms with Gasteiger partial charge in [0, 0.05) is 0 Å². The van der Waals surface area contributed by atoms with E-state index in [1.807, 2.05) is 62.4 Å². The highest BCUT2D eigenvalue weighted by atomic mass is 32.2. The Hall–Kier alpha value is -2.51. The third-order valence-electron chi connectivity index (χ3n) is 4.23. The third kappa shape index (κ3) is 5.15. The van der Waals surface area contributed by atoms with Crippen molar-refractivity contribution in [2.75, 3.05) is 24.7 Å². The van der Waals surface area contributed by atoms with Gasteiger partial charge in [-0.15, -0.1) is 0 Å². The maximum absolute atomic E-state index is 13.0. The maximum atomic E-state index is 13.0. The van der Waals surface area contributed by atoms with Crippen LogP contribution in [-0.2, 0) is 4.79 Å². The first kappa shape index (κ1) is 22.2. The number of carbonyl (C=O) groups is 1. The first-order valence-corrected chi connectivity index (χ1v) is 11.2. The van der Waals surface area contributed by atoms with E-state index in [0.29, 0.717) is 40.5 Å². The van der Waals surface area contributed by atoms with Crippen molar-refractivity contribution in [1.82, 2.24) is 0 Å². The average Bonchev–Trinajstić information content (AvgIpc) is 3.01. The molecule has 1 saturated heterocycles. The van der Waals surface area contributed by atoms with Crippen molar-refractivity contribution in [3.8, 4) is 17.2 Å². The number of hydrogen-bond donors (Lipinski definition) is 0. The zero-order valence-electron chi connectivity index (χ0n) is 17.3. The van der Waals surface area contributed by atoms with E-state index in [2.05, 4.69) is 6.92 Å². The van der Waals surface area contributed by atoms with Crippen LogP contribution < -0.4 is 19.1 Å². The minimum Gasteiger partial charge on any atom is -0.494 e. The van der Waals surface area contributed by atoms with Crippen LogP contribution in [0.3, 0.4) is 0 Å². The molecule has 3 rings (SSSR count). The van der Waals surface area contributed by atoms with Crippen LogP contribution in [0.15, 0.2) is 47.4 Å². The lowest BCUT2D eigenvalue weighted by Gasteiger charge is -2.15. The van der Waals surface area contributed by atoms with Crippen LogP contribution in [0.4, 0.5) is 5.69 Å². The molecular weight excluding hydrogens is 418 g/mol. The molecular formula is C23H25NO4S2. The van der Waals surface area contributed by atoms with Gasteiger partial charge in [0.2, 0.25) is 0 Å². The molecule has 5 nitrogen and oxygen atoms in total. The second-order valence-electron chi connectivity index (χ2n) is 6.43. The Morgan fingerprint density at radius 2 is 1.70 bits per heavy atom. The Balaban J connectivity index is 1.83. The number of nitrogens with zero attached hydrogens (tertiary/aromatic N) is 1. The molecule has 158 valence electrons. The number of rotatable bonds is 9. The molecule has 2 aromatic carbocycles. The zero-order valence-corrected chi connectivity index (χ0v) is 19.0. The summed E-state index contributed by atoms with van der Waals surface area (Å²) in [6.45, 7) is 7.67. The summed E-state index contributed by atoms with van der Waals surface area (Å²) < 4.78 is 17.4. The molecule has 0 saturated carbocycles. The number of benzene rings is 2. The van der Waals surface area contributed by atoms with Crippen molar-refractivity contribution in [3.63, 3.8) is 0 Å². The number of thiocarbonyl (C=S) groups is 1. The average molecular weight is 444 g/mol. The summed E-state index contributed by atoms with van der Waals surface area (Å²) in [6, 6.07) is 13.0. The minimum atomic E-state index is -0.140. The molecule has 0 radical (unpaired) electrons. The first-order valence-electron chi connectivity index (χ1n) is 9.97. The van der Waals surface area contributed by atoms with Crippen LogP contribution in [-0.4, -0.2) is 30.0 Å². The van der Waals surface area contributed by atoms with Crippen molar-refractivity contribution in [3.05, 3.63) is 52.9 Å². The molecule has 2 aromatic rings. The van der Waals surface area contributed by atoms with Gasteiger partial charge in [0.15, 0.2) is 15.8 Å². The number of ether oxygens (including phenoxy) is 3. The van der Waals surface area contributed by atoms with Gasteiger partial charge in [-0.05, 0) is 68.3 Å². The molecule has 0 N–H and O–H groups in total. The lowest BCUT2D eigenvalue weighted by molar-refractivity contribution is -0.113. The highest BCUT2D eigenvalue weighted by molar-refractivity contribution is 8.27. The fraction of sp³-hybridized carbons (Fsp3) is 0.304. The molecule has 30 heavy (non-hydrogen) atoms. The Morgan fingerprint density at radius 3 is 2.37 bits per heavy atom. The molecule has 7 heteroatoms. The molecule has 1 aliphatic rings. The Morgan fingerprint density at radius 1 is 0.967 bits per heavy atom. The van der Waals surface area contributed by atoms with Gasteiger partial charge < -0.3 is 14.2 Å². The Kier molecular flexibility index (Phi) is 7.76. The monoisotopic (exact) mass is 443 g/mol. The van der Waals surface area contributed by atoms with Gasteiger partial charge in [-0.3, -0.25) is 9.69 Å². The van der Waals surface area contributed by atoms with Crippen LogP contribution in [0.25, 0.3) is 6.08 Å². The summed E-state index contributed by atoms with van der Waals surface area (Å²) >= 11 is 6.75. The first-order chi connectivity index (χ1) is 14.6. The van der Waals surface area contributed by atoms with Gasteiger partial charge >= 0.3 is 0 Å². The van der Waals surface area contributed by atoms with Crippen LogP contribution in [0.5, 0.6) is 17.2 Å². The van der Waals surface area contributed by atoms with Crippen molar-refractivity contribution < 1.29 is 19.0 Å². The van der Waals surface area contributed by atoms with E-state index in [4.69, 9.17) is 26.4 Å². The van der Waals surface area contributed by atoms with Crippen molar-refractivity contribution in [2.24, 2.45) is 0 Å². The number of carbonyl (C=O) groups excluding carboxylic acids is 1. The fourth-order valence-electron chi connectivity index (χ4n) is 2.91. The molecule has 0 atom stereocenters. The highest BCUT2D eigenvalue weighted by Crippen LogP contribution is 2.37. The van der Waals surface area contributed by atoms with E-state index in [1.165, 1.54) is 11.8 Å². The Bertz CT molecular complexity index is 941. The van der Waals surface area contributed by atoms with E-state index >= 15 is 0 Å². The molecule has 0 unspecified atom stereocenters. The molecule has 1 fully saturated rings. The number of amides is 1. The van der Waals surface area contributed by atoms with E-state index in [-0.39, 0.29) is 5.91 Å². The zero-order chi connectivity index (χ0) is 21.5. The second-order valence-corrected chi connectivity index (χ2v) is 8.11. The van der Waals surface area contributed by atoms with Crippen LogP contribution in [0.1, 0.15) is 32.8 Å². The number of anilines is 1. The molecule has 0 aromatic heterocycles. The third-order valence-corrected chi connectivity index (χ3v) is 5.53. The summed E-state index contributed by atoms with van der Waals surface area (Å²) in [6.07, 6.45) is 2.75. The second kappa shape index (κ2) is 10.5. The molecule has 0 spiro atoms. The summed E-state index contributed by atoms with van der Waals surface area (Å²) in [5.74, 6) is 1.99. The summed E-state index contributed by atoms with van der Waals surface area (Å²) in [7, 11) is 0. The van der Waals surface area contributed by atoms with Crippen molar-refractivity contribution >= 4 is 46.0 Å². The van der Waals surface area contributed by atoms with E-state index in [1.54, 1.807) is 4.90 Å². The van der Waals surface area contributed by atoms with Crippen LogP contribution >= 0.6 is 24.0 Å². The van der Waals surface area contributed by atoms with E-state index in [0.717, 1.165) is 23.4 Å². The van der Waals surface area contributed by atoms with Crippen molar-refractivity contribution in [1.29, 1.82) is 0 Å². The predicted octanol–water partition coefficient (Wildman–Crippen LogP) is 5.68. The predicted molar refractivity (Wildman–Crippen MR) is 127 cm³/mol. The molecule has 0 bridgehead atoms. The van der Waals surface area contributed by atoms with Gasteiger partial charge in [-0.2, -0.15) is 0 Å².